The molecule has 0 amide bonds. The highest BCUT2D eigenvalue weighted by Crippen LogP contribution is 2.16. The Hall–Kier alpha value is -1.02. The molecule has 1 aromatic carbocycles. The largest absolute Gasteiger partial charge is 0.371 e. The van der Waals surface area contributed by atoms with Crippen LogP contribution in [0.5, 0.6) is 0 Å². The molecule has 0 aliphatic rings. The summed E-state index contributed by atoms with van der Waals surface area (Å²) in [5.41, 5.74) is 8.26. The molecule has 0 fully saturated rings. The molecular weight excluding hydrogens is 208 g/mol. The summed E-state index contributed by atoms with van der Waals surface area (Å²) < 4.78 is 0. The van der Waals surface area contributed by atoms with Gasteiger partial charge in [0.2, 0.25) is 0 Å². The predicted octanol–water partition coefficient (Wildman–Crippen LogP) is 3.34. The molecule has 1 rings (SSSR count). The van der Waals surface area contributed by atoms with Crippen LogP contribution >= 0.6 is 0 Å². The Kier molecular flexibility index (Phi) is 6.71. The summed E-state index contributed by atoms with van der Waals surface area (Å²) in [6, 6.07) is 8.81. The van der Waals surface area contributed by atoms with E-state index in [1.807, 2.05) is 0 Å². The van der Waals surface area contributed by atoms with Crippen LogP contribution in [0.2, 0.25) is 0 Å². The van der Waals surface area contributed by atoms with E-state index in [1.165, 1.54) is 30.5 Å². The molecule has 0 heterocycles. The van der Waals surface area contributed by atoms with Gasteiger partial charge >= 0.3 is 0 Å². The van der Waals surface area contributed by atoms with Crippen LogP contribution in [0.1, 0.15) is 38.2 Å². The van der Waals surface area contributed by atoms with Crippen LogP contribution in [0, 0.1) is 6.92 Å². The Morgan fingerprint density at radius 3 is 2.24 bits per heavy atom. The molecule has 2 nitrogen and oxygen atoms in total. The Balaban J connectivity index is 2.57. The van der Waals surface area contributed by atoms with E-state index in [9.17, 15) is 0 Å². The van der Waals surface area contributed by atoms with Gasteiger partial charge < -0.3 is 10.6 Å². The van der Waals surface area contributed by atoms with E-state index in [0.29, 0.717) is 0 Å². The summed E-state index contributed by atoms with van der Waals surface area (Å²) in [6.07, 6.45) is 4.93. The van der Waals surface area contributed by atoms with Crippen molar-refractivity contribution in [3.63, 3.8) is 0 Å². The first-order valence-corrected chi connectivity index (χ1v) is 6.79. The lowest BCUT2D eigenvalue weighted by atomic mass is 10.2. The molecule has 0 saturated carbocycles. The lowest BCUT2D eigenvalue weighted by Crippen LogP contribution is -2.27. The monoisotopic (exact) mass is 234 g/mol. The first-order chi connectivity index (χ1) is 8.27. The van der Waals surface area contributed by atoms with Crippen molar-refractivity contribution in [3.05, 3.63) is 29.8 Å². The van der Waals surface area contributed by atoms with Crippen LogP contribution in [0.4, 0.5) is 5.69 Å². The molecule has 1 aromatic rings. The highest BCUT2D eigenvalue weighted by atomic mass is 15.1. The van der Waals surface area contributed by atoms with Crippen molar-refractivity contribution >= 4 is 5.69 Å². The van der Waals surface area contributed by atoms with E-state index < -0.39 is 0 Å². The Labute approximate surface area is 106 Å². The van der Waals surface area contributed by atoms with Gasteiger partial charge in [-0.2, -0.15) is 0 Å². The normalized spacial score (nSPS) is 10.5. The highest BCUT2D eigenvalue weighted by Gasteiger charge is 2.05. The molecule has 0 spiro atoms. The van der Waals surface area contributed by atoms with E-state index in [4.69, 9.17) is 5.73 Å². The molecule has 0 aromatic heterocycles. The van der Waals surface area contributed by atoms with Crippen LogP contribution in [0.25, 0.3) is 0 Å². The summed E-state index contributed by atoms with van der Waals surface area (Å²) in [4.78, 5) is 2.46. The fourth-order valence-electron chi connectivity index (χ4n) is 1.96. The zero-order chi connectivity index (χ0) is 12.5. The maximum atomic E-state index is 5.61. The van der Waals surface area contributed by atoms with Gasteiger partial charge in [-0.1, -0.05) is 37.5 Å². The number of unbranched alkanes of at least 4 members (excludes halogenated alkanes) is 2. The molecule has 0 aliphatic carbocycles. The van der Waals surface area contributed by atoms with Gasteiger partial charge in [-0.3, -0.25) is 0 Å². The standard InChI is InChI=1S/C15H26N2/c1-3-4-5-12-17(13-6-11-16)15-9-7-14(2)8-10-15/h7-10H,3-6,11-13,16H2,1-2H3. The number of rotatable bonds is 8. The summed E-state index contributed by atoms with van der Waals surface area (Å²) in [6.45, 7) is 7.37. The van der Waals surface area contributed by atoms with Crippen molar-refractivity contribution in [1.29, 1.82) is 0 Å². The quantitative estimate of drug-likeness (QED) is 0.699. The highest BCUT2D eigenvalue weighted by molar-refractivity contribution is 5.47. The zero-order valence-corrected chi connectivity index (χ0v) is 11.3. The van der Waals surface area contributed by atoms with Crippen LogP contribution < -0.4 is 10.6 Å². The van der Waals surface area contributed by atoms with Crippen molar-refractivity contribution in [1.82, 2.24) is 0 Å². The lowest BCUT2D eigenvalue weighted by Gasteiger charge is -2.25. The minimum Gasteiger partial charge on any atom is -0.371 e. The van der Waals surface area contributed by atoms with E-state index in [0.717, 1.165) is 26.1 Å². The predicted molar refractivity (Wildman–Crippen MR) is 76.6 cm³/mol. The molecule has 0 unspecified atom stereocenters. The summed E-state index contributed by atoms with van der Waals surface area (Å²) in [7, 11) is 0. The molecular formula is C15H26N2. The Morgan fingerprint density at radius 1 is 1.00 bits per heavy atom. The van der Waals surface area contributed by atoms with Crippen molar-refractivity contribution < 1.29 is 0 Å². The minimum absolute atomic E-state index is 0.774. The number of aryl methyl sites for hydroxylation is 1. The second-order valence-corrected chi connectivity index (χ2v) is 4.67. The topological polar surface area (TPSA) is 29.3 Å². The van der Waals surface area contributed by atoms with Crippen molar-refractivity contribution in [2.45, 2.75) is 39.5 Å². The van der Waals surface area contributed by atoms with Gasteiger partial charge in [-0.25, -0.2) is 0 Å². The van der Waals surface area contributed by atoms with Crippen molar-refractivity contribution in [3.8, 4) is 0 Å². The van der Waals surface area contributed by atoms with E-state index in [-0.39, 0.29) is 0 Å². The second kappa shape index (κ2) is 8.13. The summed E-state index contributed by atoms with van der Waals surface area (Å²) >= 11 is 0. The fraction of sp³-hybridized carbons (Fsp3) is 0.600. The average Bonchev–Trinajstić information content (AvgIpc) is 2.35. The first-order valence-electron chi connectivity index (χ1n) is 6.79. The summed E-state index contributed by atoms with van der Waals surface area (Å²) in [5.74, 6) is 0. The first kappa shape index (κ1) is 14.0. The number of hydrogen-bond donors (Lipinski definition) is 1. The number of benzene rings is 1. The Bertz CT molecular complexity index is 292. The van der Waals surface area contributed by atoms with Crippen LogP contribution in [-0.2, 0) is 0 Å². The van der Waals surface area contributed by atoms with Gasteiger partial charge in [0.15, 0.2) is 0 Å². The van der Waals surface area contributed by atoms with E-state index >= 15 is 0 Å². The Morgan fingerprint density at radius 2 is 1.65 bits per heavy atom. The van der Waals surface area contributed by atoms with Crippen molar-refractivity contribution in [2.75, 3.05) is 24.5 Å². The number of nitrogens with two attached hydrogens (primary N) is 1. The van der Waals surface area contributed by atoms with Gasteiger partial charge in [-0.05, 0) is 38.4 Å². The third kappa shape index (κ3) is 5.22. The summed E-state index contributed by atoms with van der Waals surface area (Å²) in [5, 5.41) is 0. The number of anilines is 1. The lowest BCUT2D eigenvalue weighted by molar-refractivity contribution is 0.660. The molecule has 17 heavy (non-hydrogen) atoms. The maximum Gasteiger partial charge on any atom is 0.0366 e. The third-order valence-corrected chi connectivity index (χ3v) is 3.06. The van der Waals surface area contributed by atoms with Gasteiger partial charge in [-0.15, -0.1) is 0 Å². The molecule has 0 bridgehead atoms. The van der Waals surface area contributed by atoms with Crippen LogP contribution in [0.3, 0.4) is 0 Å². The van der Waals surface area contributed by atoms with E-state index in [1.54, 1.807) is 0 Å². The molecule has 2 N–H and O–H groups in total. The second-order valence-electron chi connectivity index (χ2n) is 4.67. The molecule has 0 saturated heterocycles. The fourth-order valence-corrected chi connectivity index (χ4v) is 1.96. The maximum absolute atomic E-state index is 5.61. The third-order valence-electron chi connectivity index (χ3n) is 3.06. The van der Waals surface area contributed by atoms with Gasteiger partial charge in [0, 0.05) is 18.8 Å². The van der Waals surface area contributed by atoms with Crippen LogP contribution in [-0.4, -0.2) is 19.6 Å². The SMILES string of the molecule is CCCCCN(CCCN)c1ccc(C)cc1. The van der Waals surface area contributed by atoms with E-state index in [2.05, 4.69) is 43.0 Å². The molecule has 0 aliphatic heterocycles. The zero-order valence-electron chi connectivity index (χ0n) is 11.3. The molecule has 96 valence electrons. The van der Waals surface area contributed by atoms with Crippen molar-refractivity contribution in [2.24, 2.45) is 5.73 Å². The molecule has 0 radical (unpaired) electrons. The average molecular weight is 234 g/mol. The van der Waals surface area contributed by atoms with Crippen LogP contribution in [0.15, 0.2) is 24.3 Å². The smallest absolute Gasteiger partial charge is 0.0366 e. The van der Waals surface area contributed by atoms with Gasteiger partial charge in [0.1, 0.15) is 0 Å². The van der Waals surface area contributed by atoms with Gasteiger partial charge in [0.05, 0.1) is 0 Å². The number of hydrogen-bond acceptors (Lipinski definition) is 2. The minimum atomic E-state index is 0.774. The molecule has 2 heteroatoms. The van der Waals surface area contributed by atoms with Gasteiger partial charge in [0.25, 0.3) is 0 Å². The number of nitrogens with zero attached hydrogens (tertiary/aromatic N) is 1. The molecule has 0 atom stereocenters.